The summed E-state index contributed by atoms with van der Waals surface area (Å²) in [4.78, 5) is 32.6. The Kier molecular flexibility index (Phi) is 11.6. The molecule has 40 heavy (non-hydrogen) atoms. The maximum absolute atomic E-state index is 13.5. The van der Waals surface area contributed by atoms with Crippen molar-refractivity contribution in [3.63, 3.8) is 0 Å². The molecule has 2 heterocycles. The van der Waals surface area contributed by atoms with Crippen LogP contribution < -0.4 is 10.1 Å². The van der Waals surface area contributed by atoms with Crippen molar-refractivity contribution >= 4 is 17.5 Å². The van der Waals surface area contributed by atoms with E-state index in [1.54, 1.807) is 4.90 Å². The first-order valence-corrected chi connectivity index (χ1v) is 15.3. The zero-order chi connectivity index (χ0) is 28.5. The molecule has 224 valence electrons. The lowest BCUT2D eigenvalue weighted by Crippen LogP contribution is -2.48. The van der Waals surface area contributed by atoms with Gasteiger partial charge in [0, 0.05) is 62.9 Å². The molecule has 0 spiro atoms. The molecule has 0 aromatic heterocycles. The molecule has 1 aliphatic carbocycles. The van der Waals surface area contributed by atoms with E-state index >= 15 is 0 Å². The number of hydrogen-bond donors (Lipinski definition) is 2. The highest BCUT2D eigenvalue weighted by molar-refractivity contribution is 5.91. The van der Waals surface area contributed by atoms with E-state index < -0.39 is 0 Å². The number of nitrogens with one attached hydrogen (secondary N) is 1. The maximum atomic E-state index is 13.5. The van der Waals surface area contributed by atoms with E-state index in [1.807, 2.05) is 25.1 Å². The fourth-order valence-corrected chi connectivity index (χ4v) is 6.23. The minimum atomic E-state index is -0.278. The van der Waals surface area contributed by atoms with Gasteiger partial charge in [-0.3, -0.25) is 14.5 Å². The Morgan fingerprint density at radius 3 is 2.65 bits per heavy atom. The quantitative estimate of drug-likeness (QED) is 0.456. The van der Waals surface area contributed by atoms with E-state index in [9.17, 15) is 14.7 Å². The predicted octanol–water partition coefficient (Wildman–Crippen LogP) is 3.01. The number of carbonyl (C=O) groups is 2. The SMILES string of the molecule is C[C@@H]1CN([C@H](C)CO)C(=O)Cc2cc(NC(=O)CCN3CCOCC3)ccc2O[C@@H]1CN(C)CC1CCCCC1. The second-order valence-corrected chi connectivity index (χ2v) is 12.2. The van der Waals surface area contributed by atoms with Gasteiger partial charge in [0.15, 0.2) is 0 Å². The topological polar surface area (TPSA) is 94.6 Å². The number of morpholine rings is 1. The number of carbonyl (C=O) groups excluding carboxylic acids is 2. The van der Waals surface area contributed by atoms with Gasteiger partial charge >= 0.3 is 0 Å². The van der Waals surface area contributed by atoms with Crippen molar-refractivity contribution in [2.45, 2.75) is 70.9 Å². The Morgan fingerprint density at radius 1 is 1.18 bits per heavy atom. The lowest BCUT2D eigenvalue weighted by molar-refractivity contribution is -0.134. The Bertz CT molecular complexity index is 963. The maximum Gasteiger partial charge on any atom is 0.227 e. The summed E-state index contributed by atoms with van der Waals surface area (Å²) in [7, 11) is 2.17. The molecule has 9 nitrogen and oxygen atoms in total. The van der Waals surface area contributed by atoms with Crippen LogP contribution in [0.5, 0.6) is 5.75 Å². The fraction of sp³-hybridized carbons (Fsp3) is 0.742. The summed E-state index contributed by atoms with van der Waals surface area (Å²) in [6, 6.07) is 5.36. The van der Waals surface area contributed by atoms with Gasteiger partial charge in [0.1, 0.15) is 11.9 Å². The summed E-state index contributed by atoms with van der Waals surface area (Å²) < 4.78 is 12.1. The van der Waals surface area contributed by atoms with Crippen molar-refractivity contribution in [3.8, 4) is 5.75 Å². The predicted molar refractivity (Wildman–Crippen MR) is 157 cm³/mol. The zero-order valence-electron chi connectivity index (χ0n) is 24.8. The highest BCUT2D eigenvalue weighted by Crippen LogP contribution is 2.30. The zero-order valence-corrected chi connectivity index (χ0v) is 24.8. The van der Waals surface area contributed by atoms with Crippen molar-refractivity contribution < 1.29 is 24.2 Å². The van der Waals surface area contributed by atoms with Crippen molar-refractivity contribution in [2.24, 2.45) is 11.8 Å². The number of likely N-dealkylation sites (N-methyl/N-ethyl adjacent to an activating group) is 1. The fourth-order valence-electron chi connectivity index (χ4n) is 6.23. The van der Waals surface area contributed by atoms with Gasteiger partial charge < -0.3 is 29.7 Å². The Balaban J connectivity index is 1.47. The van der Waals surface area contributed by atoms with Gasteiger partial charge in [-0.1, -0.05) is 26.2 Å². The number of aliphatic hydroxyl groups excluding tert-OH is 1. The second kappa shape index (κ2) is 15.1. The molecule has 3 aliphatic rings. The molecule has 0 bridgehead atoms. The van der Waals surface area contributed by atoms with Gasteiger partial charge in [-0.15, -0.1) is 0 Å². The van der Waals surface area contributed by atoms with Gasteiger partial charge in [-0.2, -0.15) is 0 Å². The van der Waals surface area contributed by atoms with Crippen molar-refractivity contribution in [1.82, 2.24) is 14.7 Å². The number of nitrogens with zero attached hydrogens (tertiary/aromatic N) is 3. The van der Waals surface area contributed by atoms with Crippen molar-refractivity contribution in [3.05, 3.63) is 23.8 Å². The van der Waals surface area contributed by atoms with E-state index in [-0.39, 0.29) is 42.9 Å². The van der Waals surface area contributed by atoms with Crippen LogP contribution in [0.4, 0.5) is 5.69 Å². The monoisotopic (exact) mass is 558 g/mol. The molecule has 1 aromatic carbocycles. The summed E-state index contributed by atoms with van der Waals surface area (Å²) in [6.07, 6.45) is 7.05. The molecule has 2 amide bonds. The Morgan fingerprint density at radius 2 is 1.93 bits per heavy atom. The first kappa shape index (κ1) is 30.8. The third-order valence-corrected chi connectivity index (χ3v) is 8.75. The molecule has 1 aromatic rings. The van der Waals surface area contributed by atoms with E-state index in [1.165, 1.54) is 32.1 Å². The van der Waals surface area contributed by atoms with Gasteiger partial charge in [0.2, 0.25) is 11.8 Å². The van der Waals surface area contributed by atoms with Crippen LogP contribution in [0.15, 0.2) is 18.2 Å². The van der Waals surface area contributed by atoms with Crippen LogP contribution in [0, 0.1) is 11.8 Å². The minimum Gasteiger partial charge on any atom is -0.488 e. The summed E-state index contributed by atoms with van der Waals surface area (Å²) in [5.74, 6) is 1.43. The number of amides is 2. The van der Waals surface area contributed by atoms with Crippen LogP contribution in [0.2, 0.25) is 0 Å². The van der Waals surface area contributed by atoms with Gasteiger partial charge in [-0.05, 0) is 50.9 Å². The smallest absolute Gasteiger partial charge is 0.227 e. The van der Waals surface area contributed by atoms with Crippen LogP contribution in [-0.4, -0.2) is 110 Å². The van der Waals surface area contributed by atoms with E-state index in [0.29, 0.717) is 44.2 Å². The number of ether oxygens (including phenoxy) is 2. The molecule has 2 fully saturated rings. The minimum absolute atomic E-state index is 0.0368. The Labute approximate surface area is 240 Å². The van der Waals surface area contributed by atoms with Gasteiger partial charge in [-0.25, -0.2) is 0 Å². The molecular formula is C31H50N4O5. The highest BCUT2D eigenvalue weighted by atomic mass is 16.5. The first-order valence-electron chi connectivity index (χ1n) is 15.3. The van der Waals surface area contributed by atoms with E-state index in [2.05, 4.69) is 29.1 Å². The molecule has 0 unspecified atom stereocenters. The molecule has 0 radical (unpaired) electrons. The van der Waals surface area contributed by atoms with Gasteiger partial charge in [0.05, 0.1) is 32.3 Å². The first-order chi connectivity index (χ1) is 19.3. The third-order valence-electron chi connectivity index (χ3n) is 8.75. The van der Waals surface area contributed by atoms with Crippen LogP contribution in [0.1, 0.15) is 57.9 Å². The third kappa shape index (κ3) is 8.90. The lowest BCUT2D eigenvalue weighted by Gasteiger charge is -2.35. The summed E-state index contributed by atoms with van der Waals surface area (Å²) in [5, 5.41) is 12.9. The summed E-state index contributed by atoms with van der Waals surface area (Å²) in [5.41, 5.74) is 1.43. The molecule has 2 aliphatic heterocycles. The van der Waals surface area contributed by atoms with E-state index in [0.717, 1.165) is 37.7 Å². The average Bonchev–Trinajstić information content (AvgIpc) is 3.00. The normalized spacial score (nSPS) is 24.0. The van der Waals surface area contributed by atoms with Crippen LogP contribution in [-0.2, 0) is 20.7 Å². The van der Waals surface area contributed by atoms with E-state index in [4.69, 9.17) is 9.47 Å². The number of rotatable bonds is 10. The standard InChI is InChI=1S/C31H50N4O5/c1-23-19-35(24(2)22-36)31(38)18-26-17-27(32-30(37)11-12-34-13-15-39-16-14-34)9-10-28(26)40-29(23)21-33(3)20-25-7-5-4-6-8-25/h9-10,17,23-25,29,36H,4-8,11-16,18-22H2,1-3H3,(H,32,37)/t23-,24-,29-/m1/s1. The summed E-state index contributed by atoms with van der Waals surface area (Å²) >= 11 is 0. The number of anilines is 1. The second-order valence-electron chi connectivity index (χ2n) is 12.2. The number of aliphatic hydroxyl groups is 1. The summed E-state index contributed by atoms with van der Waals surface area (Å²) in [6.45, 7) is 10.1. The number of hydrogen-bond acceptors (Lipinski definition) is 7. The average molecular weight is 559 g/mol. The molecule has 2 N–H and O–H groups in total. The van der Waals surface area contributed by atoms with Crippen LogP contribution in [0.3, 0.4) is 0 Å². The molecule has 1 saturated carbocycles. The molecule has 4 rings (SSSR count). The molecule has 9 heteroatoms. The highest BCUT2D eigenvalue weighted by Gasteiger charge is 2.31. The number of fused-ring (bicyclic) bond motifs is 1. The number of benzene rings is 1. The van der Waals surface area contributed by atoms with Crippen LogP contribution in [0.25, 0.3) is 0 Å². The van der Waals surface area contributed by atoms with Crippen LogP contribution >= 0.6 is 0 Å². The molecule has 1 saturated heterocycles. The Hall–Kier alpha value is -2.20. The molecule has 3 atom stereocenters. The molecular weight excluding hydrogens is 508 g/mol. The van der Waals surface area contributed by atoms with Crippen molar-refractivity contribution in [2.75, 3.05) is 71.5 Å². The van der Waals surface area contributed by atoms with Crippen molar-refractivity contribution in [1.29, 1.82) is 0 Å². The van der Waals surface area contributed by atoms with Gasteiger partial charge in [0.25, 0.3) is 0 Å². The largest absolute Gasteiger partial charge is 0.488 e. The lowest BCUT2D eigenvalue weighted by atomic mass is 9.89.